The Morgan fingerprint density at radius 1 is 1.11 bits per heavy atom. The van der Waals surface area contributed by atoms with Gasteiger partial charge in [-0.1, -0.05) is 12.1 Å². The molecule has 3 unspecified atom stereocenters. The zero-order valence-corrected chi connectivity index (χ0v) is 21.2. The number of carbonyl (C=O) groups excluding carboxylic acids is 1. The van der Waals surface area contributed by atoms with E-state index in [-0.39, 0.29) is 24.3 Å². The van der Waals surface area contributed by atoms with E-state index in [1.54, 1.807) is 62.1 Å². The monoisotopic (exact) mass is 515 g/mol. The average Bonchev–Trinajstić information content (AvgIpc) is 3.21. The molecule has 1 saturated carbocycles. The van der Waals surface area contributed by atoms with Crippen molar-refractivity contribution < 1.29 is 27.4 Å². The number of likely N-dealkylation sites (tertiary alicyclic amines) is 1. The van der Waals surface area contributed by atoms with Crippen molar-refractivity contribution in [2.24, 2.45) is 0 Å². The van der Waals surface area contributed by atoms with E-state index in [1.807, 2.05) is 0 Å². The van der Waals surface area contributed by atoms with Gasteiger partial charge in [-0.05, 0) is 81.5 Å². The fraction of sp³-hybridized carbons (Fsp3) is 0.500. The number of nitrogens with one attached hydrogen (secondary N) is 1. The van der Waals surface area contributed by atoms with E-state index in [0.717, 1.165) is 5.56 Å². The highest BCUT2D eigenvalue weighted by molar-refractivity contribution is 5.68. The molecule has 2 aliphatic rings. The molecular formula is C28H32F3N3O3. The van der Waals surface area contributed by atoms with Crippen LogP contribution in [-0.2, 0) is 4.74 Å². The summed E-state index contributed by atoms with van der Waals surface area (Å²) in [5.74, 6) is -2.82. The summed E-state index contributed by atoms with van der Waals surface area (Å²) in [6, 6.07) is 13.8. The van der Waals surface area contributed by atoms with Crippen molar-refractivity contribution in [1.82, 2.24) is 10.2 Å². The molecule has 4 atom stereocenters. The van der Waals surface area contributed by atoms with Gasteiger partial charge < -0.3 is 14.8 Å². The van der Waals surface area contributed by atoms with Gasteiger partial charge in [-0.3, -0.25) is 4.90 Å². The van der Waals surface area contributed by atoms with Crippen molar-refractivity contribution in [3.63, 3.8) is 0 Å². The van der Waals surface area contributed by atoms with E-state index in [4.69, 9.17) is 14.7 Å². The van der Waals surface area contributed by atoms with Crippen LogP contribution in [0.2, 0.25) is 0 Å². The van der Waals surface area contributed by atoms with Crippen LogP contribution in [0.1, 0.15) is 57.1 Å². The predicted molar refractivity (Wildman–Crippen MR) is 132 cm³/mol. The Morgan fingerprint density at radius 2 is 1.78 bits per heavy atom. The number of hydrogen-bond donors (Lipinski definition) is 1. The average molecular weight is 516 g/mol. The van der Waals surface area contributed by atoms with Crippen LogP contribution in [0.5, 0.6) is 5.75 Å². The first-order valence-electron chi connectivity index (χ1n) is 12.4. The second-order valence-electron chi connectivity index (χ2n) is 10.9. The number of halogens is 3. The summed E-state index contributed by atoms with van der Waals surface area (Å²) in [4.78, 5) is 14.0. The van der Waals surface area contributed by atoms with Crippen molar-refractivity contribution in [2.75, 3.05) is 13.1 Å². The molecule has 6 nitrogen and oxygen atoms in total. The summed E-state index contributed by atoms with van der Waals surface area (Å²) >= 11 is 0. The standard InChI is InChI=1S/C28H32F3N3O3/c1-27(2,3)37-26(35)33-22-14-28(30,31)17-34(16-22)24-12-20(19-6-8-21(29)9-7-19)13-25(24)36-23-10-4-18(15-32)5-11-23/h4-11,20,22,24-25H,12-14,16-17H2,1-3H3,(H,33,35)/t20?,22-,24?,25?/m1/s1. The molecule has 2 aromatic carbocycles. The molecule has 2 fully saturated rings. The summed E-state index contributed by atoms with van der Waals surface area (Å²) in [6.07, 6.45) is -0.516. The fourth-order valence-electron chi connectivity index (χ4n) is 5.24. The molecule has 1 amide bonds. The van der Waals surface area contributed by atoms with Crippen molar-refractivity contribution in [3.8, 4) is 11.8 Å². The molecule has 0 bridgehead atoms. The van der Waals surface area contributed by atoms with Crippen LogP contribution in [0.25, 0.3) is 0 Å². The normalized spacial score (nSPS) is 25.8. The number of ether oxygens (including phenoxy) is 2. The Labute approximate surface area is 215 Å². The second kappa shape index (κ2) is 10.6. The molecule has 1 saturated heterocycles. The molecule has 0 radical (unpaired) electrons. The van der Waals surface area contributed by atoms with Crippen molar-refractivity contribution in [2.45, 2.75) is 75.7 Å². The molecule has 1 heterocycles. The third kappa shape index (κ3) is 7.16. The van der Waals surface area contributed by atoms with Crippen LogP contribution < -0.4 is 10.1 Å². The number of piperidine rings is 1. The number of benzene rings is 2. The van der Waals surface area contributed by atoms with E-state index >= 15 is 0 Å². The molecule has 1 aliphatic carbocycles. The van der Waals surface area contributed by atoms with Gasteiger partial charge in [0.15, 0.2) is 0 Å². The second-order valence-corrected chi connectivity index (χ2v) is 10.9. The zero-order valence-electron chi connectivity index (χ0n) is 21.2. The molecule has 0 spiro atoms. The van der Waals surface area contributed by atoms with Crippen molar-refractivity contribution >= 4 is 6.09 Å². The highest BCUT2D eigenvalue weighted by atomic mass is 19.3. The van der Waals surface area contributed by atoms with Crippen LogP contribution in [0, 0.1) is 17.1 Å². The lowest BCUT2D eigenvalue weighted by Crippen LogP contribution is -2.59. The molecule has 2 aromatic rings. The fourth-order valence-corrected chi connectivity index (χ4v) is 5.24. The first-order chi connectivity index (χ1) is 17.4. The van der Waals surface area contributed by atoms with Gasteiger partial charge >= 0.3 is 6.09 Å². The SMILES string of the molecule is CC(C)(C)OC(=O)N[C@H]1CN(C2CC(c3ccc(F)cc3)CC2Oc2ccc(C#N)cc2)CC(F)(F)C1. The van der Waals surface area contributed by atoms with E-state index in [1.165, 1.54) is 12.1 Å². The summed E-state index contributed by atoms with van der Waals surface area (Å²) < 4.78 is 54.9. The Morgan fingerprint density at radius 3 is 2.41 bits per heavy atom. The van der Waals surface area contributed by atoms with Gasteiger partial charge in [0.25, 0.3) is 5.92 Å². The Balaban J connectivity index is 1.55. The summed E-state index contributed by atoms with van der Waals surface area (Å²) in [6.45, 7) is 4.92. The number of alkyl halides is 2. The quantitative estimate of drug-likeness (QED) is 0.559. The molecule has 9 heteroatoms. The van der Waals surface area contributed by atoms with E-state index in [9.17, 15) is 18.0 Å². The highest BCUT2D eigenvalue weighted by Crippen LogP contribution is 2.41. The largest absolute Gasteiger partial charge is 0.489 e. The molecular weight excluding hydrogens is 483 g/mol. The number of amides is 1. The number of carbonyl (C=O) groups is 1. The number of alkyl carbamates (subject to hydrolysis) is 1. The molecule has 1 N–H and O–H groups in total. The third-order valence-corrected chi connectivity index (χ3v) is 6.71. The van der Waals surface area contributed by atoms with Gasteiger partial charge in [0.2, 0.25) is 0 Å². The third-order valence-electron chi connectivity index (χ3n) is 6.71. The van der Waals surface area contributed by atoms with Crippen LogP contribution in [0.15, 0.2) is 48.5 Å². The van der Waals surface area contributed by atoms with Crippen molar-refractivity contribution in [3.05, 3.63) is 65.5 Å². The smallest absolute Gasteiger partial charge is 0.407 e. The Bertz CT molecular complexity index is 1130. The number of rotatable bonds is 5. The maximum Gasteiger partial charge on any atom is 0.407 e. The van der Waals surface area contributed by atoms with E-state index < -0.39 is 42.7 Å². The zero-order chi connectivity index (χ0) is 26.8. The summed E-state index contributed by atoms with van der Waals surface area (Å²) in [5.41, 5.74) is 0.671. The number of nitriles is 1. The van der Waals surface area contributed by atoms with Crippen LogP contribution in [-0.4, -0.2) is 53.8 Å². The number of hydrogen-bond acceptors (Lipinski definition) is 5. The van der Waals surface area contributed by atoms with Gasteiger partial charge in [0.1, 0.15) is 23.3 Å². The lowest BCUT2D eigenvalue weighted by molar-refractivity contribution is -0.0936. The van der Waals surface area contributed by atoms with Gasteiger partial charge in [-0.2, -0.15) is 5.26 Å². The number of nitrogens with zero attached hydrogens (tertiary/aromatic N) is 2. The van der Waals surface area contributed by atoms with Crippen LogP contribution in [0.3, 0.4) is 0 Å². The van der Waals surface area contributed by atoms with Gasteiger partial charge in [0.05, 0.1) is 24.2 Å². The van der Waals surface area contributed by atoms with Gasteiger partial charge in [0, 0.05) is 19.0 Å². The molecule has 37 heavy (non-hydrogen) atoms. The van der Waals surface area contributed by atoms with Gasteiger partial charge in [-0.15, -0.1) is 0 Å². The van der Waals surface area contributed by atoms with E-state index in [2.05, 4.69) is 11.4 Å². The van der Waals surface area contributed by atoms with Crippen LogP contribution >= 0.6 is 0 Å². The first-order valence-corrected chi connectivity index (χ1v) is 12.4. The maximum atomic E-state index is 14.9. The van der Waals surface area contributed by atoms with Crippen molar-refractivity contribution in [1.29, 1.82) is 5.26 Å². The maximum absolute atomic E-state index is 14.9. The molecule has 4 rings (SSSR count). The lowest BCUT2D eigenvalue weighted by atomic mass is 9.96. The van der Waals surface area contributed by atoms with Gasteiger partial charge in [-0.25, -0.2) is 18.0 Å². The topological polar surface area (TPSA) is 74.6 Å². The minimum Gasteiger partial charge on any atom is -0.489 e. The highest BCUT2D eigenvalue weighted by Gasteiger charge is 2.48. The van der Waals surface area contributed by atoms with Crippen LogP contribution in [0.4, 0.5) is 18.0 Å². The minimum absolute atomic E-state index is 0.0122. The summed E-state index contributed by atoms with van der Waals surface area (Å²) in [5, 5.41) is 11.7. The van der Waals surface area contributed by atoms with E-state index in [0.29, 0.717) is 24.2 Å². The molecule has 198 valence electrons. The Kier molecular flexibility index (Phi) is 7.69. The summed E-state index contributed by atoms with van der Waals surface area (Å²) in [7, 11) is 0. The molecule has 0 aromatic heterocycles. The predicted octanol–water partition coefficient (Wildman–Crippen LogP) is 5.63. The lowest BCUT2D eigenvalue weighted by Gasteiger charge is -2.42. The Hall–Kier alpha value is -3.25. The minimum atomic E-state index is -3.01. The first kappa shape index (κ1) is 26.8. The molecule has 1 aliphatic heterocycles.